The number of rotatable bonds is 12. The first-order valence-corrected chi connectivity index (χ1v) is 18.8. The van der Waals surface area contributed by atoms with Gasteiger partial charge in [-0.1, -0.05) is 66.8 Å². The first-order chi connectivity index (χ1) is 29.0. The standard InChI is InChI=1S/C48H42N12/c1-56(2)38-21-17-36(18-22-38)47-48(37-19-23-39(24-20-37)57(3)4)60(7)46(55-47)25-16-35-27-33(12-8-10-14-44-53-40(29-49)42(31-51)58(44)5)26-34(28-35)13-9-11-15-45-54-41(30-50)43(32-52)59(45)6/h8-28H,1-7H3/b12-8+,13-9+,14-10+,15-11+,25-16+. The van der Waals surface area contributed by atoms with Crippen LogP contribution < -0.4 is 9.80 Å². The molecule has 0 aliphatic carbocycles. The first-order valence-electron chi connectivity index (χ1n) is 18.8. The number of aromatic nitrogens is 6. The number of nitriles is 4. The van der Waals surface area contributed by atoms with Crippen LogP contribution >= 0.6 is 0 Å². The van der Waals surface area contributed by atoms with Crippen LogP contribution in [0, 0.1) is 45.3 Å². The molecule has 0 unspecified atom stereocenters. The summed E-state index contributed by atoms with van der Waals surface area (Å²) < 4.78 is 5.30. The van der Waals surface area contributed by atoms with Gasteiger partial charge in [-0.25, -0.2) is 15.0 Å². The maximum atomic E-state index is 9.45. The number of anilines is 2. The molecule has 294 valence electrons. The molecule has 6 aromatic rings. The number of imidazole rings is 3. The molecule has 6 rings (SSSR count). The minimum absolute atomic E-state index is 0.0870. The summed E-state index contributed by atoms with van der Waals surface area (Å²) in [7, 11) is 13.5. The van der Waals surface area contributed by atoms with E-state index in [4.69, 9.17) is 4.98 Å². The van der Waals surface area contributed by atoms with E-state index < -0.39 is 0 Å². The molecule has 0 aliphatic rings. The summed E-state index contributed by atoms with van der Waals surface area (Å²) in [5.41, 5.74) is 9.54. The van der Waals surface area contributed by atoms with Crippen LogP contribution in [0.2, 0.25) is 0 Å². The lowest BCUT2D eigenvalue weighted by atomic mass is 10.0. The molecule has 0 saturated carbocycles. The molecule has 0 fully saturated rings. The van der Waals surface area contributed by atoms with Gasteiger partial charge in [-0.15, -0.1) is 0 Å². The minimum Gasteiger partial charge on any atom is -0.378 e. The van der Waals surface area contributed by atoms with Crippen LogP contribution in [0.15, 0.2) is 91.0 Å². The van der Waals surface area contributed by atoms with Gasteiger partial charge in [0.25, 0.3) is 0 Å². The third-order valence-corrected chi connectivity index (χ3v) is 9.84. The monoisotopic (exact) mass is 786 g/mol. The van der Waals surface area contributed by atoms with Gasteiger partial charge in [0.05, 0.1) is 11.4 Å². The Kier molecular flexibility index (Phi) is 12.5. The van der Waals surface area contributed by atoms with Gasteiger partial charge in [-0.05, 0) is 77.4 Å². The summed E-state index contributed by atoms with van der Waals surface area (Å²) in [5, 5.41) is 37.6. The average Bonchev–Trinajstić information content (AvgIpc) is 3.87. The van der Waals surface area contributed by atoms with Crippen molar-refractivity contribution >= 4 is 47.8 Å². The van der Waals surface area contributed by atoms with Gasteiger partial charge in [-0.2, -0.15) is 21.0 Å². The third kappa shape index (κ3) is 8.90. The highest BCUT2D eigenvalue weighted by molar-refractivity contribution is 5.83. The number of hydrogen-bond acceptors (Lipinski definition) is 9. The van der Waals surface area contributed by atoms with Gasteiger partial charge in [0.2, 0.25) is 0 Å². The summed E-state index contributed by atoms with van der Waals surface area (Å²) in [6.07, 6.45) is 18.9. The number of benzene rings is 3. The Labute approximate surface area is 350 Å². The van der Waals surface area contributed by atoms with Crippen molar-refractivity contribution in [1.82, 2.24) is 28.7 Å². The normalized spacial score (nSPS) is 11.5. The Morgan fingerprint density at radius 3 is 1.27 bits per heavy atom. The molecule has 3 heterocycles. The van der Waals surface area contributed by atoms with E-state index in [-0.39, 0.29) is 22.8 Å². The van der Waals surface area contributed by atoms with E-state index in [1.54, 1.807) is 35.4 Å². The molecule has 0 bridgehead atoms. The largest absolute Gasteiger partial charge is 0.378 e. The Balaban J connectivity index is 1.37. The zero-order chi connectivity index (χ0) is 42.9. The molecule has 12 heteroatoms. The molecule has 0 spiro atoms. The van der Waals surface area contributed by atoms with Crippen molar-refractivity contribution in [2.45, 2.75) is 0 Å². The van der Waals surface area contributed by atoms with Gasteiger partial charge in [0.15, 0.2) is 22.8 Å². The molecule has 0 radical (unpaired) electrons. The molecule has 12 nitrogen and oxygen atoms in total. The molecule has 0 atom stereocenters. The fourth-order valence-corrected chi connectivity index (χ4v) is 6.55. The van der Waals surface area contributed by atoms with E-state index in [9.17, 15) is 21.0 Å². The van der Waals surface area contributed by atoms with Crippen molar-refractivity contribution in [3.8, 4) is 46.8 Å². The summed E-state index contributed by atoms with van der Waals surface area (Å²) in [4.78, 5) is 17.9. The second-order valence-electron chi connectivity index (χ2n) is 14.2. The van der Waals surface area contributed by atoms with Crippen molar-refractivity contribution < 1.29 is 0 Å². The van der Waals surface area contributed by atoms with E-state index in [0.29, 0.717) is 11.6 Å². The molecule has 0 amide bonds. The molecule has 3 aromatic carbocycles. The predicted molar refractivity (Wildman–Crippen MR) is 240 cm³/mol. The van der Waals surface area contributed by atoms with Gasteiger partial charge in [-0.3, -0.25) is 0 Å². The van der Waals surface area contributed by atoms with E-state index >= 15 is 0 Å². The summed E-state index contributed by atoms with van der Waals surface area (Å²) >= 11 is 0. The second kappa shape index (κ2) is 18.2. The zero-order valence-corrected chi connectivity index (χ0v) is 34.5. The lowest BCUT2D eigenvalue weighted by molar-refractivity contribution is 0.881. The fraction of sp³-hybridized carbons (Fsp3) is 0.146. The summed E-state index contributed by atoms with van der Waals surface area (Å²) in [6, 6.07) is 31.1. The van der Waals surface area contributed by atoms with Crippen molar-refractivity contribution in [2.75, 3.05) is 38.0 Å². The zero-order valence-electron chi connectivity index (χ0n) is 34.5. The Morgan fingerprint density at radius 2 is 0.867 bits per heavy atom. The van der Waals surface area contributed by atoms with Crippen LogP contribution in [0.1, 0.15) is 56.9 Å². The molecular formula is C48H42N12. The highest BCUT2D eigenvalue weighted by Crippen LogP contribution is 2.34. The molecule has 0 aliphatic heterocycles. The first kappa shape index (κ1) is 41.2. The lowest BCUT2D eigenvalue weighted by Gasteiger charge is -2.14. The van der Waals surface area contributed by atoms with Crippen LogP contribution in [0.25, 0.3) is 59.0 Å². The van der Waals surface area contributed by atoms with Crippen LogP contribution in [-0.2, 0) is 21.1 Å². The van der Waals surface area contributed by atoms with Crippen LogP contribution in [0.5, 0.6) is 0 Å². The number of nitrogens with zero attached hydrogens (tertiary/aromatic N) is 12. The van der Waals surface area contributed by atoms with Crippen molar-refractivity contribution in [3.05, 3.63) is 148 Å². The Hall–Kier alpha value is -8.45. The molecule has 0 saturated heterocycles. The number of allylic oxidation sites excluding steroid dienone is 4. The van der Waals surface area contributed by atoms with Gasteiger partial charge in [0.1, 0.15) is 41.8 Å². The third-order valence-electron chi connectivity index (χ3n) is 9.84. The van der Waals surface area contributed by atoms with Crippen LogP contribution in [0.4, 0.5) is 11.4 Å². The smallest absolute Gasteiger partial charge is 0.177 e. The van der Waals surface area contributed by atoms with Gasteiger partial charge < -0.3 is 23.5 Å². The van der Waals surface area contributed by atoms with E-state index in [2.05, 4.69) is 85.0 Å². The van der Waals surface area contributed by atoms with Crippen LogP contribution in [-0.4, -0.2) is 56.8 Å². The van der Waals surface area contributed by atoms with Crippen molar-refractivity contribution in [1.29, 1.82) is 21.0 Å². The summed E-state index contributed by atoms with van der Waals surface area (Å²) in [5.74, 6) is 1.77. The van der Waals surface area contributed by atoms with Gasteiger partial charge >= 0.3 is 0 Å². The average molecular weight is 787 g/mol. The second-order valence-corrected chi connectivity index (χ2v) is 14.2. The molecule has 0 N–H and O–H groups in total. The lowest BCUT2D eigenvalue weighted by Crippen LogP contribution is -2.08. The molecule has 3 aromatic heterocycles. The Morgan fingerprint density at radius 1 is 0.467 bits per heavy atom. The maximum absolute atomic E-state index is 9.45. The molecular weight excluding hydrogens is 745 g/mol. The highest BCUT2D eigenvalue weighted by Gasteiger charge is 2.18. The minimum atomic E-state index is 0.0870. The van der Waals surface area contributed by atoms with Crippen molar-refractivity contribution in [2.24, 2.45) is 21.1 Å². The van der Waals surface area contributed by atoms with E-state index in [1.165, 1.54) is 0 Å². The maximum Gasteiger partial charge on any atom is 0.177 e. The molecule has 60 heavy (non-hydrogen) atoms. The highest BCUT2D eigenvalue weighted by atomic mass is 15.1. The summed E-state index contributed by atoms with van der Waals surface area (Å²) in [6.45, 7) is 0. The predicted octanol–water partition coefficient (Wildman–Crippen LogP) is 8.46. The van der Waals surface area contributed by atoms with Crippen LogP contribution in [0.3, 0.4) is 0 Å². The number of hydrogen-bond donors (Lipinski definition) is 0. The quantitative estimate of drug-likeness (QED) is 0.111. The van der Waals surface area contributed by atoms with E-state index in [1.807, 2.05) is 114 Å². The topological polar surface area (TPSA) is 155 Å². The SMILES string of the molecule is CN(C)c1ccc(-c2nc(/C=C/c3cc(/C=C/C=C/c4nc(C#N)c(C#N)n4C)cc(/C=C/C=C/c4nc(C#N)c(C#N)n4C)c3)n(C)c2-c2ccc(N(C)C)cc2)cc1. The Bertz CT molecular complexity index is 2760. The van der Waals surface area contributed by atoms with E-state index in [0.717, 1.165) is 56.4 Å². The van der Waals surface area contributed by atoms with Gasteiger partial charge in [0, 0.05) is 71.8 Å². The van der Waals surface area contributed by atoms with Crippen molar-refractivity contribution in [3.63, 3.8) is 0 Å². The fourth-order valence-electron chi connectivity index (χ4n) is 6.55.